The summed E-state index contributed by atoms with van der Waals surface area (Å²) in [6, 6.07) is 7.88. The highest BCUT2D eigenvalue weighted by atomic mass is 28.3. The van der Waals surface area contributed by atoms with Crippen molar-refractivity contribution in [2.24, 2.45) is 0 Å². The average Bonchev–Trinajstić information content (AvgIpc) is 3.56. The summed E-state index contributed by atoms with van der Waals surface area (Å²) in [6.07, 6.45) is -2.40. The Labute approximate surface area is 279 Å². The molecule has 4 aromatic rings. The summed E-state index contributed by atoms with van der Waals surface area (Å²) in [6.45, 7) is 14.6. The molecule has 15 heteroatoms. The van der Waals surface area contributed by atoms with Gasteiger partial charge in [0.15, 0.2) is 23.2 Å². The van der Waals surface area contributed by atoms with E-state index in [1.807, 2.05) is 0 Å². The van der Waals surface area contributed by atoms with Crippen molar-refractivity contribution < 1.29 is 36.9 Å². The van der Waals surface area contributed by atoms with Gasteiger partial charge in [-0.25, -0.2) is 14.4 Å². The molecule has 1 aliphatic heterocycles. The predicted molar refractivity (Wildman–Crippen MR) is 182 cm³/mol. The Hall–Kier alpha value is -3.38. The Morgan fingerprint density at radius 1 is 1.00 bits per heavy atom. The lowest BCUT2D eigenvalue weighted by Gasteiger charge is -2.36. The number of ketones is 1. The van der Waals surface area contributed by atoms with E-state index < -0.39 is 51.2 Å². The second-order valence-electron chi connectivity index (χ2n) is 14.7. The maximum atomic E-state index is 16.2. The molecule has 4 heterocycles. The molecule has 3 aromatic heterocycles. The van der Waals surface area contributed by atoms with E-state index in [2.05, 4.69) is 44.3 Å². The van der Waals surface area contributed by atoms with Gasteiger partial charge in [-0.1, -0.05) is 57.5 Å². The summed E-state index contributed by atoms with van der Waals surface area (Å²) in [5.41, 5.74) is -0.789. The van der Waals surface area contributed by atoms with Crippen molar-refractivity contribution in [3.63, 3.8) is 0 Å². The number of aliphatic hydroxyl groups is 1. The maximum absolute atomic E-state index is 16.2. The highest BCUT2D eigenvalue weighted by Crippen LogP contribution is 2.35. The van der Waals surface area contributed by atoms with Gasteiger partial charge in [0, 0.05) is 59.8 Å². The molecule has 0 amide bonds. The SMILES string of the molecule is C[Si](C)(C)CCOCn1cc(C(=O)c2ccccc2C(F)(F)F)cc1-c1nc2cnc(N3CC(O)C3)c(F)c2n1COCC[Si](C)(C)C. The lowest BCUT2D eigenvalue weighted by molar-refractivity contribution is -0.137. The molecule has 0 bridgehead atoms. The first kappa shape index (κ1) is 35.9. The molecule has 1 fully saturated rings. The topological polar surface area (TPSA) is 94.6 Å². The first-order valence-electron chi connectivity index (χ1n) is 16.0. The number of fused-ring (bicyclic) bond motifs is 1. The van der Waals surface area contributed by atoms with Gasteiger partial charge in [-0.15, -0.1) is 0 Å². The summed E-state index contributed by atoms with van der Waals surface area (Å²) in [7, 11) is -2.88. The third kappa shape index (κ3) is 8.25. The Morgan fingerprint density at radius 3 is 2.23 bits per heavy atom. The molecule has 1 aromatic carbocycles. The second-order valence-corrected chi connectivity index (χ2v) is 25.9. The van der Waals surface area contributed by atoms with Crippen LogP contribution in [0.15, 0.2) is 42.7 Å². The third-order valence-corrected chi connectivity index (χ3v) is 11.6. The zero-order chi connectivity index (χ0) is 35.0. The van der Waals surface area contributed by atoms with Crippen molar-refractivity contribution in [1.29, 1.82) is 0 Å². The minimum absolute atomic E-state index is 0.00241. The first-order chi connectivity index (χ1) is 22.4. The standard InChI is InChI=1S/C33H43F4N5O4Si2/c1-47(2,3)13-11-45-20-41-17-22(30(44)24-9-7-8-10-25(24)33(35,36)37)15-27(41)31-39-26-16-38-32(40-18-23(43)19-40)28(34)29(26)42(31)21-46-12-14-48(4,5)6/h7-10,15-17,23,43H,11-14,18-21H2,1-6H3. The Bertz CT molecular complexity index is 1770. The number of anilines is 1. The lowest BCUT2D eigenvalue weighted by Crippen LogP contribution is -2.51. The molecular formula is C33H43F4N5O4Si2. The predicted octanol–water partition coefficient (Wildman–Crippen LogP) is 7.09. The number of pyridine rings is 1. The number of nitrogens with zero attached hydrogens (tertiary/aromatic N) is 5. The molecule has 5 rings (SSSR count). The molecular weight excluding hydrogens is 663 g/mol. The Kier molecular flexibility index (Phi) is 10.4. The van der Waals surface area contributed by atoms with Gasteiger partial charge in [0.25, 0.3) is 0 Å². The number of aliphatic hydroxyl groups excluding tert-OH is 1. The number of hydrogen-bond donors (Lipinski definition) is 1. The van der Waals surface area contributed by atoms with E-state index in [1.54, 1.807) is 14.0 Å². The maximum Gasteiger partial charge on any atom is 0.417 e. The Morgan fingerprint density at radius 2 is 1.62 bits per heavy atom. The molecule has 1 aliphatic rings. The van der Waals surface area contributed by atoms with E-state index in [0.29, 0.717) is 18.9 Å². The smallest absolute Gasteiger partial charge is 0.389 e. The molecule has 0 atom stereocenters. The van der Waals surface area contributed by atoms with Gasteiger partial charge in [-0.05, 0) is 24.2 Å². The van der Waals surface area contributed by atoms with Crippen molar-refractivity contribution in [2.45, 2.75) is 77.1 Å². The molecule has 0 saturated carbocycles. The molecule has 260 valence electrons. The van der Waals surface area contributed by atoms with Crippen molar-refractivity contribution in [3.8, 4) is 11.5 Å². The minimum Gasteiger partial charge on any atom is -0.389 e. The van der Waals surface area contributed by atoms with Crippen molar-refractivity contribution in [1.82, 2.24) is 19.1 Å². The zero-order valence-corrected chi connectivity index (χ0v) is 30.2. The lowest BCUT2D eigenvalue weighted by atomic mass is 9.99. The van der Waals surface area contributed by atoms with Gasteiger partial charge in [0.1, 0.15) is 24.5 Å². The minimum atomic E-state index is -4.73. The number of carbonyl (C=O) groups excluding carboxylic acids is 1. The molecule has 9 nitrogen and oxygen atoms in total. The number of carbonyl (C=O) groups is 1. The fraction of sp³-hybridized carbons (Fsp3) is 0.485. The van der Waals surface area contributed by atoms with Crippen LogP contribution in [-0.2, 0) is 29.1 Å². The van der Waals surface area contributed by atoms with Gasteiger partial charge < -0.3 is 24.0 Å². The van der Waals surface area contributed by atoms with Crippen molar-refractivity contribution in [2.75, 3.05) is 31.2 Å². The summed E-state index contributed by atoms with van der Waals surface area (Å²) in [5, 5.41) is 9.83. The van der Waals surface area contributed by atoms with Crippen LogP contribution in [0.1, 0.15) is 21.5 Å². The van der Waals surface area contributed by atoms with Crippen LogP contribution in [0.25, 0.3) is 22.6 Å². The summed E-state index contributed by atoms with van der Waals surface area (Å²) in [5.74, 6) is -1.12. The number of ether oxygens (including phenoxy) is 2. The molecule has 0 unspecified atom stereocenters. The van der Waals surface area contributed by atoms with Crippen LogP contribution in [0.4, 0.5) is 23.4 Å². The third-order valence-electron chi connectivity index (χ3n) is 8.18. The fourth-order valence-electron chi connectivity index (χ4n) is 5.34. The molecule has 0 aliphatic carbocycles. The van der Waals surface area contributed by atoms with Crippen molar-refractivity contribution in [3.05, 3.63) is 65.2 Å². The van der Waals surface area contributed by atoms with E-state index in [4.69, 9.17) is 14.5 Å². The quantitative estimate of drug-likeness (QED) is 0.0648. The summed E-state index contributed by atoms with van der Waals surface area (Å²) < 4.78 is 73.2. The fourth-order valence-corrected chi connectivity index (χ4v) is 6.85. The molecule has 0 radical (unpaired) electrons. The van der Waals surface area contributed by atoms with Gasteiger partial charge >= 0.3 is 6.18 Å². The van der Waals surface area contributed by atoms with Crippen LogP contribution in [0.5, 0.6) is 0 Å². The molecule has 0 spiro atoms. The van der Waals surface area contributed by atoms with E-state index in [-0.39, 0.29) is 54.8 Å². The van der Waals surface area contributed by atoms with Gasteiger partial charge in [-0.2, -0.15) is 13.2 Å². The van der Waals surface area contributed by atoms with E-state index >= 15 is 4.39 Å². The van der Waals surface area contributed by atoms with Crippen LogP contribution >= 0.6 is 0 Å². The van der Waals surface area contributed by atoms with Crippen LogP contribution < -0.4 is 4.90 Å². The van der Waals surface area contributed by atoms with Gasteiger partial charge in [0.05, 0.1) is 23.6 Å². The van der Waals surface area contributed by atoms with Gasteiger partial charge in [0.2, 0.25) is 0 Å². The number of rotatable bonds is 14. The number of aromatic nitrogens is 4. The Balaban J connectivity index is 1.61. The first-order valence-corrected chi connectivity index (χ1v) is 23.4. The molecule has 1 saturated heterocycles. The number of imidazole rings is 1. The normalized spacial score (nSPS) is 14.6. The van der Waals surface area contributed by atoms with Crippen LogP contribution in [0.2, 0.25) is 51.4 Å². The van der Waals surface area contributed by atoms with Gasteiger partial charge in [-0.3, -0.25) is 9.36 Å². The molecule has 48 heavy (non-hydrogen) atoms. The monoisotopic (exact) mass is 705 g/mol. The van der Waals surface area contributed by atoms with Crippen LogP contribution in [-0.4, -0.2) is 78.5 Å². The number of alkyl halides is 3. The highest BCUT2D eigenvalue weighted by molar-refractivity contribution is 6.76. The number of halogens is 4. The summed E-state index contributed by atoms with van der Waals surface area (Å²) >= 11 is 0. The number of hydrogen-bond acceptors (Lipinski definition) is 7. The summed E-state index contributed by atoms with van der Waals surface area (Å²) in [4.78, 5) is 24.3. The number of β-amino-alcohol motifs (C(OH)–C–C–N with tert-alkyl or cyclic N) is 1. The van der Waals surface area contributed by atoms with E-state index in [9.17, 15) is 23.1 Å². The van der Waals surface area contributed by atoms with E-state index in [1.165, 1.54) is 30.6 Å². The van der Waals surface area contributed by atoms with Crippen LogP contribution in [0, 0.1) is 5.82 Å². The number of benzene rings is 1. The van der Waals surface area contributed by atoms with Crippen LogP contribution in [0.3, 0.4) is 0 Å². The highest BCUT2D eigenvalue weighted by Gasteiger charge is 2.36. The largest absolute Gasteiger partial charge is 0.417 e. The molecule has 1 N–H and O–H groups in total. The zero-order valence-electron chi connectivity index (χ0n) is 28.2. The second kappa shape index (κ2) is 13.9. The van der Waals surface area contributed by atoms with E-state index in [0.717, 1.165) is 24.2 Å². The van der Waals surface area contributed by atoms with Crippen molar-refractivity contribution >= 4 is 38.8 Å². The average molecular weight is 706 g/mol.